The minimum Gasteiger partial charge on any atom is -0.465 e. The van der Waals surface area contributed by atoms with Crippen molar-refractivity contribution in [2.24, 2.45) is 0 Å². The van der Waals surface area contributed by atoms with Crippen LogP contribution in [0.3, 0.4) is 0 Å². The van der Waals surface area contributed by atoms with E-state index in [1.807, 2.05) is 20.8 Å². The van der Waals surface area contributed by atoms with E-state index in [9.17, 15) is 14.4 Å². The Morgan fingerprint density at radius 3 is 2.26 bits per heavy atom. The molecule has 1 heterocycles. The maximum Gasteiger partial charge on any atom is 0.337 e. The SMILES string of the molecule is COC(=O)c1ccc(Nc2cc(C(C)(C)C)nn2C(C)=O)c(NC(C)=O)c1. The largest absolute Gasteiger partial charge is 0.465 e. The molecule has 0 unspecified atom stereocenters. The first kappa shape index (κ1) is 20.2. The van der Waals surface area contributed by atoms with Gasteiger partial charge in [-0.05, 0) is 18.2 Å². The fourth-order valence-electron chi connectivity index (χ4n) is 2.41. The van der Waals surface area contributed by atoms with Crippen LogP contribution in [0, 0.1) is 0 Å². The van der Waals surface area contributed by atoms with Gasteiger partial charge in [0.2, 0.25) is 11.8 Å². The highest BCUT2D eigenvalue weighted by Crippen LogP contribution is 2.30. The van der Waals surface area contributed by atoms with Crippen molar-refractivity contribution in [3.05, 3.63) is 35.5 Å². The summed E-state index contributed by atoms with van der Waals surface area (Å²) in [7, 11) is 1.28. The molecule has 2 rings (SSSR count). The molecule has 144 valence electrons. The molecule has 0 saturated carbocycles. The second-order valence-corrected chi connectivity index (χ2v) is 7.15. The smallest absolute Gasteiger partial charge is 0.337 e. The maximum atomic E-state index is 12.0. The molecular weight excluding hydrogens is 348 g/mol. The standard InChI is InChI=1S/C19H24N4O4/c1-11(24)20-15-9-13(18(26)27-6)7-8-14(15)21-17-10-16(19(3,4)5)22-23(17)12(2)25/h7-10,21H,1-6H3,(H,20,24). The summed E-state index contributed by atoms with van der Waals surface area (Å²) in [6, 6.07) is 6.49. The van der Waals surface area contributed by atoms with Crippen LogP contribution in [-0.2, 0) is 14.9 Å². The average Bonchev–Trinajstić information content (AvgIpc) is 2.99. The van der Waals surface area contributed by atoms with Crippen LogP contribution in [-0.4, -0.2) is 34.7 Å². The Labute approximate surface area is 157 Å². The number of nitrogens with zero attached hydrogens (tertiary/aromatic N) is 2. The number of amides is 1. The zero-order valence-electron chi connectivity index (χ0n) is 16.3. The normalized spacial score (nSPS) is 11.0. The quantitative estimate of drug-likeness (QED) is 0.798. The van der Waals surface area contributed by atoms with Gasteiger partial charge in [-0.15, -0.1) is 0 Å². The zero-order chi connectivity index (χ0) is 20.4. The number of benzene rings is 1. The molecule has 27 heavy (non-hydrogen) atoms. The molecule has 0 spiro atoms. The van der Waals surface area contributed by atoms with E-state index in [2.05, 4.69) is 15.7 Å². The second kappa shape index (κ2) is 7.61. The van der Waals surface area contributed by atoms with Crippen LogP contribution in [0.2, 0.25) is 0 Å². The number of anilines is 3. The molecule has 1 aromatic heterocycles. The third-order valence-electron chi connectivity index (χ3n) is 3.79. The van der Waals surface area contributed by atoms with Crippen LogP contribution in [0.15, 0.2) is 24.3 Å². The summed E-state index contributed by atoms with van der Waals surface area (Å²) < 4.78 is 5.99. The molecule has 1 aromatic carbocycles. The van der Waals surface area contributed by atoms with Crippen molar-refractivity contribution in [2.75, 3.05) is 17.7 Å². The Hall–Kier alpha value is -3.16. The van der Waals surface area contributed by atoms with Gasteiger partial charge in [0, 0.05) is 25.3 Å². The summed E-state index contributed by atoms with van der Waals surface area (Å²) in [5.41, 5.74) is 1.70. The molecule has 0 fully saturated rings. The van der Waals surface area contributed by atoms with E-state index in [0.29, 0.717) is 22.8 Å². The number of carbonyl (C=O) groups is 3. The summed E-state index contributed by atoms with van der Waals surface area (Å²) >= 11 is 0. The fraction of sp³-hybridized carbons (Fsp3) is 0.368. The lowest BCUT2D eigenvalue weighted by Gasteiger charge is -2.14. The highest BCUT2D eigenvalue weighted by molar-refractivity contribution is 5.97. The minimum absolute atomic E-state index is 0.244. The second-order valence-electron chi connectivity index (χ2n) is 7.15. The molecular formula is C19H24N4O4. The summed E-state index contributed by atoms with van der Waals surface area (Å²) in [6.45, 7) is 8.78. The van der Waals surface area contributed by atoms with Crippen LogP contribution in [0.4, 0.5) is 17.2 Å². The highest BCUT2D eigenvalue weighted by atomic mass is 16.5. The third-order valence-corrected chi connectivity index (χ3v) is 3.79. The molecule has 0 radical (unpaired) electrons. The fourth-order valence-corrected chi connectivity index (χ4v) is 2.41. The number of carbonyl (C=O) groups excluding carboxylic acids is 3. The number of rotatable bonds is 4. The van der Waals surface area contributed by atoms with Crippen molar-refractivity contribution in [2.45, 2.75) is 40.0 Å². The van der Waals surface area contributed by atoms with Gasteiger partial charge in [0.1, 0.15) is 5.82 Å². The first-order valence-corrected chi connectivity index (χ1v) is 8.41. The minimum atomic E-state index is -0.517. The Balaban J connectivity index is 2.50. The average molecular weight is 372 g/mol. The van der Waals surface area contributed by atoms with Gasteiger partial charge in [0.25, 0.3) is 0 Å². The van der Waals surface area contributed by atoms with E-state index in [-0.39, 0.29) is 17.2 Å². The molecule has 1 amide bonds. The molecule has 0 bridgehead atoms. The van der Waals surface area contributed by atoms with E-state index in [1.54, 1.807) is 18.2 Å². The van der Waals surface area contributed by atoms with E-state index in [4.69, 9.17) is 4.74 Å². The van der Waals surface area contributed by atoms with Crippen molar-refractivity contribution in [3.63, 3.8) is 0 Å². The Morgan fingerprint density at radius 2 is 1.74 bits per heavy atom. The van der Waals surface area contributed by atoms with Crippen molar-refractivity contribution >= 4 is 35.0 Å². The lowest BCUT2D eigenvalue weighted by atomic mass is 9.92. The molecule has 0 aliphatic carbocycles. The molecule has 0 saturated heterocycles. The van der Waals surface area contributed by atoms with E-state index < -0.39 is 5.97 Å². The molecule has 0 aliphatic rings. The Morgan fingerprint density at radius 1 is 1.07 bits per heavy atom. The maximum absolute atomic E-state index is 12.0. The van der Waals surface area contributed by atoms with Gasteiger partial charge in [-0.2, -0.15) is 9.78 Å². The topological polar surface area (TPSA) is 102 Å². The van der Waals surface area contributed by atoms with E-state index >= 15 is 0 Å². The predicted octanol–water partition coefficient (Wildman–Crippen LogP) is 3.33. The lowest BCUT2D eigenvalue weighted by Crippen LogP contribution is -2.15. The zero-order valence-corrected chi connectivity index (χ0v) is 16.3. The number of hydrogen-bond acceptors (Lipinski definition) is 6. The molecule has 2 aromatic rings. The van der Waals surface area contributed by atoms with Crippen molar-refractivity contribution in [1.82, 2.24) is 9.78 Å². The molecule has 8 nitrogen and oxygen atoms in total. The Kier molecular flexibility index (Phi) is 5.68. The molecule has 0 atom stereocenters. The van der Waals surface area contributed by atoms with Gasteiger partial charge in [-0.3, -0.25) is 9.59 Å². The summed E-state index contributed by atoms with van der Waals surface area (Å²) in [6.07, 6.45) is 0. The summed E-state index contributed by atoms with van der Waals surface area (Å²) in [4.78, 5) is 35.3. The molecule has 0 aliphatic heterocycles. The van der Waals surface area contributed by atoms with Crippen LogP contribution in [0.1, 0.15) is 55.5 Å². The van der Waals surface area contributed by atoms with Crippen LogP contribution >= 0.6 is 0 Å². The van der Waals surface area contributed by atoms with Gasteiger partial charge in [0.15, 0.2) is 0 Å². The Bertz CT molecular complexity index is 894. The van der Waals surface area contributed by atoms with Gasteiger partial charge in [-0.1, -0.05) is 20.8 Å². The van der Waals surface area contributed by atoms with Gasteiger partial charge in [0.05, 0.1) is 29.7 Å². The van der Waals surface area contributed by atoms with E-state index in [0.717, 1.165) is 5.69 Å². The van der Waals surface area contributed by atoms with Gasteiger partial charge >= 0.3 is 5.97 Å². The van der Waals surface area contributed by atoms with E-state index in [1.165, 1.54) is 31.7 Å². The number of ether oxygens (including phenoxy) is 1. The lowest BCUT2D eigenvalue weighted by molar-refractivity contribution is -0.114. The highest BCUT2D eigenvalue weighted by Gasteiger charge is 2.22. The predicted molar refractivity (Wildman–Crippen MR) is 103 cm³/mol. The number of nitrogens with one attached hydrogen (secondary N) is 2. The van der Waals surface area contributed by atoms with Gasteiger partial charge in [-0.25, -0.2) is 4.79 Å². The monoisotopic (exact) mass is 372 g/mol. The van der Waals surface area contributed by atoms with Crippen LogP contribution in [0.25, 0.3) is 0 Å². The first-order chi connectivity index (χ1) is 12.5. The van der Waals surface area contributed by atoms with Gasteiger partial charge < -0.3 is 15.4 Å². The van der Waals surface area contributed by atoms with Crippen LogP contribution in [0.5, 0.6) is 0 Å². The third kappa shape index (κ3) is 4.72. The first-order valence-electron chi connectivity index (χ1n) is 8.41. The van der Waals surface area contributed by atoms with Crippen LogP contribution < -0.4 is 10.6 Å². The number of esters is 1. The number of hydrogen-bond donors (Lipinski definition) is 2. The van der Waals surface area contributed by atoms with Crippen molar-refractivity contribution < 1.29 is 19.1 Å². The summed E-state index contributed by atoms with van der Waals surface area (Å²) in [5.74, 6) is -0.599. The number of methoxy groups -OCH3 is 1. The van der Waals surface area contributed by atoms with Crippen molar-refractivity contribution in [3.8, 4) is 0 Å². The molecule has 2 N–H and O–H groups in total. The number of aromatic nitrogens is 2. The van der Waals surface area contributed by atoms with Crippen molar-refractivity contribution in [1.29, 1.82) is 0 Å². The summed E-state index contributed by atoms with van der Waals surface area (Å²) in [5, 5.41) is 10.2. The molecule has 8 heteroatoms.